The van der Waals surface area contributed by atoms with Gasteiger partial charge in [-0.15, -0.1) is 21.8 Å². The number of benzene rings is 1. The molecule has 3 aromatic rings. The van der Waals surface area contributed by atoms with Crippen molar-refractivity contribution in [3.63, 3.8) is 0 Å². The van der Waals surface area contributed by atoms with E-state index < -0.39 is 36.5 Å². The highest BCUT2D eigenvalue weighted by Crippen LogP contribution is 2.52. The summed E-state index contributed by atoms with van der Waals surface area (Å²) in [6.45, 7) is 7.68. The van der Waals surface area contributed by atoms with Crippen LogP contribution < -0.4 is 14.4 Å². The van der Waals surface area contributed by atoms with Crippen LogP contribution >= 0.6 is 11.6 Å². The minimum absolute atomic E-state index is 0.0518. The smallest absolute Gasteiger partial charge is 0.282 e. The molecule has 2 saturated carbocycles. The Morgan fingerprint density at radius 3 is 2.65 bits per heavy atom. The van der Waals surface area contributed by atoms with Crippen molar-refractivity contribution in [3.05, 3.63) is 59.4 Å². The topological polar surface area (TPSA) is 96.8 Å². The molecule has 2 aliphatic carbocycles. The number of rotatable bonds is 11. The monoisotopic (exact) mass is 685 g/mol. The van der Waals surface area contributed by atoms with E-state index in [0.717, 1.165) is 75.9 Å². The van der Waals surface area contributed by atoms with E-state index in [-0.39, 0.29) is 34.8 Å². The number of carbonyl (C=O) groups excluding carboxylic acids is 1. The van der Waals surface area contributed by atoms with Crippen molar-refractivity contribution in [2.75, 3.05) is 37.0 Å². The van der Waals surface area contributed by atoms with Gasteiger partial charge in [0.2, 0.25) is 0 Å². The highest BCUT2D eigenvalue weighted by atomic mass is 35.5. The molecule has 4 aliphatic rings. The second-order valence-electron chi connectivity index (χ2n) is 13.9. The second kappa shape index (κ2) is 13.0. The number of aromatic nitrogens is 4. The molecule has 1 aromatic carbocycles. The van der Waals surface area contributed by atoms with Crippen molar-refractivity contribution in [3.8, 4) is 17.4 Å². The summed E-state index contributed by atoms with van der Waals surface area (Å²) in [4.78, 5) is 28.5. The summed E-state index contributed by atoms with van der Waals surface area (Å²) < 4.78 is 54.5. The fraction of sp³-hybridized carbons (Fsp3) is 0.559. The fourth-order valence-electron chi connectivity index (χ4n) is 7.58. The number of fused-ring (bicyclic) bond motifs is 1. The van der Waals surface area contributed by atoms with Gasteiger partial charge in [-0.3, -0.25) is 14.7 Å². The second-order valence-corrected chi connectivity index (χ2v) is 14.2. The molecule has 0 unspecified atom stereocenters. The number of amides is 1. The average Bonchev–Trinajstić information content (AvgIpc) is 3.01. The van der Waals surface area contributed by atoms with Crippen molar-refractivity contribution in [2.24, 2.45) is 5.41 Å². The summed E-state index contributed by atoms with van der Waals surface area (Å²) in [6.07, 6.45) is 6.05. The number of pyridine rings is 1. The Morgan fingerprint density at radius 2 is 1.92 bits per heavy atom. The first-order chi connectivity index (χ1) is 23.0. The van der Waals surface area contributed by atoms with E-state index in [1.54, 1.807) is 13.8 Å². The Balaban J connectivity index is 1.00. The first-order valence-corrected chi connectivity index (χ1v) is 17.1. The molecule has 256 valence electrons. The van der Waals surface area contributed by atoms with E-state index >= 15 is 0 Å². The van der Waals surface area contributed by atoms with Gasteiger partial charge < -0.3 is 19.3 Å². The summed E-state index contributed by atoms with van der Waals surface area (Å²) in [5, 5.41) is 8.04. The number of nitrogens with zero attached hydrogens (tertiary/aromatic N) is 7. The van der Waals surface area contributed by atoms with Crippen LogP contribution in [0.2, 0.25) is 0 Å². The summed E-state index contributed by atoms with van der Waals surface area (Å²) in [7, 11) is 0. The number of halogens is 4. The minimum atomic E-state index is -2.81. The van der Waals surface area contributed by atoms with Gasteiger partial charge in [-0.25, -0.2) is 18.2 Å². The maximum absolute atomic E-state index is 14.4. The third-order valence-electron chi connectivity index (χ3n) is 9.93. The molecule has 7 rings (SSSR count). The van der Waals surface area contributed by atoms with Crippen molar-refractivity contribution in [1.29, 1.82) is 0 Å². The Bertz CT molecular complexity index is 1660. The van der Waals surface area contributed by atoms with Gasteiger partial charge in [-0.05, 0) is 63.9 Å². The number of ether oxygens (including phenoxy) is 2. The molecule has 0 N–H and O–H groups in total. The van der Waals surface area contributed by atoms with Crippen LogP contribution in [0.4, 0.5) is 19.0 Å². The van der Waals surface area contributed by atoms with Gasteiger partial charge >= 0.3 is 0 Å². The van der Waals surface area contributed by atoms with Gasteiger partial charge in [0, 0.05) is 86.3 Å². The lowest BCUT2D eigenvalue weighted by Gasteiger charge is -2.58. The van der Waals surface area contributed by atoms with E-state index in [0.29, 0.717) is 11.7 Å². The van der Waals surface area contributed by atoms with Crippen LogP contribution in [-0.2, 0) is 13.0 Å². The van der Waals surface area contributed by atoms with Crippen LogP contribution in [0.15, 0.2) is 36.8 Å². The summed E-state index contributed by atoms with van der Waals surface area (Å²) >= 11 is 5.92. The molecular formula is C34H39ClF3N7O3. The number of carbonyl (C=O) groups is 1. The highest BCUT2D eigenvalue weighted by Gasteiger charge is 2.55. The Labute approximate surface area is 282 Å². The van der Waals surface area contributed by atoms with Crippen LogP contribution in [0.25, 0.3) is 0 Å². The third kappa shape index (κ3) is 6.50. The molecular weight excluding hydrogens is 647 g/mol. The third-order valence-corrected chi connectivity index (χ3v) is 10.2. The van der Waals surface area contributed by atoms with Crippen molar-refractivity contribution in [2.45, 2.75) is 83.0 Å². The minimum Gasteiger partial charge on any atom is -0.490 e. The molecule has 10 nitrogen and oxygen atoms in total. The molecule has 1 amide bonds. The predicted molar refractivity (Wildman–Crippen MR) is 172 cm³/mol. The first-order valence-electron chi connectivity index (χ1n) is 16.6. The number of hydrogen-bond donors (Lipinski definition) is 0. The Hall–Kier alpha value is -3.71. The number of anilines is 1. The molecule has 0 radical (unpaired) electrons. The van der Waals surface area contributed by atoms with E-state index in [2.05, 4.69) is 25.1 Å². The van der Waals surface area contributed by atoms with Crippen LogP contribution in [0.1, 0.15) is 67.6 Å². The van der Waals surface area contributed by atoms with Gasteiger partial charge in [0.05, 0.1) is 5.56 Å². The van der Waals surface area contributed by atoms with E-state index in [1.807, 2.05) is 17.2 Å². The van der Waals surface area contributed by atoms with Gasteiger partial charge in [0.25, 0.3) is 17.7 Å². The maximum atomic E-state index is 14.4. The molecule has 2 aliphatic heterocycles. The van der Waals surface area contributed by atoms with Crippen LogP contribution in [0, 0.1) is 11.2 Å². The fourth-order valence-corrected chi connectivity index (χ4v) is 7.70. The van der Waals surface area contributed by atoms with Gasteiger partial charge in [0.1, 0.15) is 29.7 Å². The summed E-state index contributed by atoms with van der Waals surface area (Å²) in [5.41, 5.74) is 2.28. The number of hydrogen-bond acceptors (Lipinski definition) is 9. The van der Waals surface area contributed by atoms with Gasteiger partial charge in [0.15, 0.2) is 5.82 Å². The number of alkyl halides is 3. The first kappa shape index (κ1) is 32.8. The van der Waals surface area contributed by atoms with Gasteiger partial charge in [-0.2, -0.15) is 0 Å². The van der Waals surface area contributed by atoms with E-state index in [9.17, 15) is 18.0 Å². The SMILES string of the molecule is CC(C)N(C(=O)c1cc(F)ccc1Oc1nncnc1N1CC2(CC(Oc3ccnc4c3CN(CCCCl)CC4)C2)C1)C1CC(F)(F)C1. The lowest BCUT2D eigenvalue weighted by atomic mass is 9.61. The summed E-state index contributed by atoms with van der Waals surface area (Å²) in [6, 6.07) is 4.53. The summed E-state index contributed by atoms with van der Waals surface area (Å²) in [5.74, 6) is -1.89. The zero-order chi connectivity index (χ0) is 33.6. The van der Waals surface area contributed by atoms with Crippen LogP contribution in [-0.4, -0.2) is 92.0 Å². The van der Waals surface area contributed by atoms with E-state index in [4.69, 9.17) is 21.1 Å². The molecule has 1 saturated heterocycles. The molecule has 0 atom stereocenters. The Morgan fingerprint density at radius 1 is 1.12 bits per heavy atom. The molecule has 14 heteroatoms. The molecule has 2 aromatic heterocycles. The molecule has 0 bridgehead atoms. The van der Waals surface area contributed by atoms with Crippen LogP contribution in [0.3, 0.4) is 0 Å². The van der Waals surface area contributed by atoms with Crippen molar-refractivity contribution < 1.29 is 27.4 Å². The molecule has 48 heavy (non-hydrogen) atoms. The standard InChI is InChI=1S/C34H39ClF3N7O3/c1-21(2)45(23-13-34(37,38)14-23)32(46)25-12-22(36)4-5-28(25)48-31-30(40-20-41-42-31)44-18-33(19-44)15-24(16-33)47-29-6-9-39-27-7-11-43(10-3-8-35)17-26(27)29/h4-6,9,12,20-21,23-24H,3,7-8,10-11,13-19H2,1-2H3. The van der Waals surface area contributed by atoms with Gasteiger partial charge in [-0.1, -0.05) is 0 Å². The maximum Gasteiger partial charge on any atom is 0.282 e. The molecule has 1 spiro atoms. The largest absolute Gasteiger partial charge is 0.490 e. The highest BCUT2D eigenvalue weighted by molar-refractivity contribution is 6.17. The van der Waals surface area contributed by atoms with Crippen LogP contribution in [0.5, 0.6) is 17.4 Å². The van der Waals surface area contributed by atoms with E-state index in [1.165, 1.54) is 28.9 Å². The van der Waals surface area contributed by atoms with Crippen molar-refractivity contribution >= 4 is 23.3 Å². The normalized spacial score (nSPS) is 20.1. The lowest BCUT2D eigenvalue weighted by Crippen LogP contribution is -2.65. The zero-order valence-corrected chi connectivity index (χ0v) is 27.8. The zero-order valence-electron chi connectivity index (χ0n) is 27.0. The predicted octanol–water partition coefficient (Wildman–Crippen LogP) is 5.88. The van der Waals surface area contributed by atoms with Crippen molar-refractivity contribution in [1.82, 2.24) is 30.0 Å². The molecule has 3 fully saturated rings. The quantitative estimate of drug-likeness (QED) is 0.229. The molecule has 4 heterocycles. The average molecular weight is 686 g/mol. The lowest BCUT2D eigenvalue weighted by molar-refractivity contribution is -0.120. The Kier molecular flexibility index (Phi) is 8.86.